The van der Waals surface area contributed by atoms with Crippen molar-refractivity contribution in [2.24, 2.45) is 0 Å². The largest absolute Gasteiger partial charge is 0.192 e. The van der Waals surface area contributed by atoms with Crippen LogP contribution in [0.4, 0.5) is 0 Å². The molecular weight excluding hydrogens is 194 g/mol. The molecule has 0 fully saturated rings. The highest BCUT2D eigenvalue weighted by Crippen LogP contribution is 2.23. The zero-order chi connectivity index (χ0) is 9.97. The van der Waals surface area contributed by atoms with E-state index in [2.05, 4.69) is 6.07 Å². The van der Waals surface area contributed by atoms with Gasteiger partial charge in [0.25, 0.3) is 0 Å². The van der Waals surface area contributed by atoms with Gasteiger partial charge in [0.2, 0.25) is 0 Å². The number of nitriles is 1. The molecule has 0 aliphatic rings. The van der Waals surface area contributed by atoms with E-state index in [1.807, 2.05) is 36.4 Å². The summed E-state index contributed by atoms with van der Waals surface area (Å²) in [5.41, 5.74) is 1.71. The molecule has 2 aromatic rings. The highest BCUT2D eigenvalue weighted by atomic mass is 35.5. The zero-order valence-corrected chi connectivity index (χ0v) is 8.25. The van der Waals surface area contributed by atoms with E-state index in [1.54, 1.807) is 0 Å². The van der Waals surface area contributed by atoms with Crippen molar-refractivity contribution in [3.8, 4) is 6.07 Å². The van der Waals surface area contributed by atoms with Gasteiger partial charge in [-0.2, -0.15) is 5.26 Å². The quantitative estimate of drug-likeness (QED) is 0.649. The summed E-state index contributed by atoms with van der Waals surface area (Å²) in [4.78, 5) is 0. The number of nitrogens with zero attached hydrogens (tertiary/aromatic N) is 1. The summed E-state index contributed by atoms with van der Waals surface area (Å²) in [6.07, 6.45) is 0. The lowest BCUT2D eigenvalue weighted by atomic mass is 10.0. The van der Waals surface area contributed by atoms with Gasteiger partial charge in [0, 0.05) is 11.3 Å². The zero-order valence-electron chi connectivity index (χ0n) is 7.50. The first-order valence-electron chi connectivity index (χ1n) is 4.33. The van der Waals surface area contributed by atoms with Gasteiger partial charge in [-0.25, -0.2) is 0 Å². The first-order valence-corrected chi connectivity index (χ1v) is 4.87. The number of fused-ring (bicyclic) bond motifs is 1. The van der Waals surface area contributed by atoms with Crippen LogP contribution in [0.1, 0.15) is 11.1 Å². The molecule has 0 unspecified atom stereocenters. The summed E-state index contributed by atoms with van der Waals surface area (Å²) in [7, 11) is 0. The van der Waals surface area contributed by atoms with Crippen LogP contribution in [-0.4, -0.2) is 0 Å². The van der Waals surface area contributed by atoms with Crippen molar-refractivity contribution < 1.29 is 0 Å². The minimum atomic E-state index is 0.441. The van der Waals surface area contributed by atoms with Crippen LogP contribution in [0.15, 0.2) is 36.4 Å². The minimum Gasteiger partial charge on any atom is -0.192 e. The molecule has 0 N–H and O–H groups in total. The molecule has 0 saturated heterocycles. The molecule has 2 rings (SSSR count). The lowest BCUT2D eigenvalue weighted by Gasteiger charge is -2.04. The van der Waals surface area contributed by atoms with Crippen molar-refractivity contribution in [3.05, 3.63) is 47.5 Å². The van der Waals surface area contributed by atoms with Gasteiger partial charge >= 0.3 is 0 Å². The van der Waals surface area contributed by atoms with E-state index in [0.717, 1.165) is 16.3 Å². The average molecular weight is 202 g/mol. The molecule has 68 valence electrons. The van der Waals surface area contributed by atoms with Gasteiger partial charge in [0.05, 0.1) is 11.6 Å². The van der Waals surface area contributed by atoms with E-state index in [-0.39, 0.29) is 0 Å². The highest BCUT2D eigenvalue weighted by Gasteiger charge is 2.03. The van der Waals surface area contributed by atoms with Crippen LogP contribution in [0.5, 0.6) is 0 Å². The second kappa shape index (κ2) is 3.69. The Morgan fingerprint density at radius 2 is 1.86 bits per heavy atom. The van der Waals surface area contributed by atoms with Gasteiger partial charge in [-0.3, -0.25) is 0 Å². The Kier molecular flexibility index (Phi) is 2.39. The predicted molar refractivity (Wildman–Crippen MR) is 58.2 cm³/mol. The summed E-state index contributed by atoms with van der Waals surface area (Å²) in [6, 6.07) is 13.8. The van der Waals surface area contributed by atoms with Gasteiger partial charge in [-0.1, -0.05) is 30.3 Å². The third-order valence-electron chi connectivity index (χ3n) is 2.26. The van der Waals surface area contributed by atoms with Crippen molar-refractivity contribution in [3.63, 3.8) is 0 Å². The molecule has 0 heterocycles. The fourth-order valence-electron chi connectivity index (χ4n) is 1.62. The monoisotopic (exact) mass is 201 g/mol. The van der Waals surface area contributed by atoms with E-state index in [0.29, 0.717) is 11.4 Å². The fourth-order valence-corrected chi connectivity index (χ4v) is 1.85. The molecule has 0 spiro atoms. The van der Waals surface area contributed by atoms with E-state index >= 15 is 0 Å². The summed E-state index contributed by atoms with van der Waals surface area (Å²) < 4.78 is 0. The molecule has 0 aliphatic carbocycles. The van der Waals surface area contributed by atoms with Gasteiger partial charge in [0.1, 0.15) is 0 Å². The predicted octanol–water partition coefficient (Wildman–Crippen LogP) is 3.45. The molecule has 0 radical (unpaired) electrons. The molecule has 2 aromatic carbocycles. The average Bonchev–Trinajstić information content (AvgIpc) is 2.27. The van der Waals surface area contributed by atoms with Crippen molar-refractivity contribution in [1.29, 1.82) is 5.26 Å². The molecule has 2 heteroatoms. The lowest BCUT2D eigenvalue weighted by Crippen LogP contribution is -1.85. The van der Waals surface area contributed by atoms with E-state index < -0.39 is 0 Å². The Hall–Kier alpha value is -1.52. The molecule has 0 saturated carbocycles. The van der Waals surface area contributed by atoms with Crippen molar-refractivity contribution in [1.82, 2.24) is 0 Å². The van der Waals surface area contributed by atoms with Gasteiger partial charge in [0.15, 0.2) is 0 Å². The summed E-state index contributed by atoms with van der Waals surface area (Å²) in [6.45, 7) is 0. The van der Waals surface area contributed by atoms with Crippen LogP contribution >= 0.6 is 11.6 Å². The Balaban J connectivity index is 2.90. The maximum absolute atomic E-state index is 8.96. The Bertz CT molecular complexity index is 506. The van der Waals surface area contributed by atoms with Crippen molar-refractivity contribution in [2.45, 2.75) is 5.88 Å². The molecular formula is C12H8ClN. The summed E-state index contributed by atoms with van der Waals surface area (Å²) in [5, 5.41) is 11.0. The van der Waals surface area contributed by atoms with Crippen LogP contribution in [0, 0.1) is 11.3 Å². The summed E-state index contributed by atoms with van der Waals surface area (Å²) >= 11 is 5.83. The van der Waals surface area contributed by atoms with Crippen molar-refractivity contribution in [2.75, 3.05) is 0 Å². The molecule has 0 bridgehead atoms. The first-order chi connectivity index (χ1) is 6.86. The van der Waals surface area contributed by atoms with E-state index in [9.17, 15) is 0 Å². The minimum absolute atomic E-state index is 0.441. The molecule has 0 aliphatic heterocycles. The Morgan fingerprint density at radius 1 is 1.14 bits per heavy atom. The topological polar surface area (TPSA) is 23.8 Å². The lowest BCUT2D eigenvalue weighted by molar-refractivity contribution is 1.43. The Labute approximate surface area is 87.5 Å². The van der Waals surface area contributed by atoms with E-state index in [4.69, 9.17) is 16.9 Å². The van der Waals surface area contributed by atoms with Gasteiger partial charge in [-0.05, 0) is 17.0 Å². The third kappa shape index (κ3) is 1.34. The second-order valence-electron chi connectivity index (χ2n) is 3.07. The maximum atomic E-state index is 8.96. The standard InChI is InChI=1S/C12H8ClN/c13-7-10-5-1-3-9-4-2-6-11(8-14)12(9)10/h1-6H,7H2. The fraction of sp³-hybridized carbons (Fsp3) is 0.0833. The van der Waals surface area contributed by atoms with E-state index in [1.165, 1.54) is 0 Å². The van der Waals surface area contributed by atoms with Crippen LogP contribution in [-0.2, 0) is 5.88 Å². The molecule has 0 aromatic heterocycles. The van der Waals surface area contributed by atoms with Gasteiger partial charge < -0.3 is 0 Å². The number of hydrogen-bond donors (Lipinski definition) is 0. The summed E-state index contributed by atoms with van der Waals surface area (Å²) in [5.74, 6) is 0.441. The van der Waals surface area contributed by atoms with Crippen molar-refractivity contribution >= 4 is 22.4 Å². The molecule has 0 atom stereocenters. The first kappa shape index (κ1) is 9.05. The normalized spacial score (nSPS) is 10.0. The molecule has 14 heavy (non-hydrogen) atoms. The molecule has 0 amide bonds. The number of alkyl halides is 1. The number of halogens is 1. The maximum Gasteiger partial charge on any atom is 0.0998 e. The molecule has 1 nitrogen and oxygen atoms in total. The van der Waals surface area contributed by atoms with Crippen LogP contribution in [0.25, 0.3) is 10.8 Å². The van der Waals surface area contributed by atoms with Crippen LogP contribution in [0.3, 0.4) is 0 Å². The van der Waals surface area contributed by atoms with Crippen LogP contribution in [0.2, 0.25) is 0 Å². The number of benzene rings is 2. The Morgan fingerprint density at radius 3 is 2.50 bits per heavy atom. The highest BCUT2D eigenvalue weighted by molar-refractivity contribution is 6.18. The number of hydrogen-bond acceptors (Lipinski definition) is 1. The van der Waals surface area contributed by atoms with Crippen LogP contribution < -0.4 is 0 Å². The second-order valence-corrected chi connectivity index (χ2v) is 3.33. The third-order valence-corrected chi connectivity index (χ3v) is 2.54. The van der Waals surface area contributed by atoms with Gasteiger partial charge in [-0.15, -0.1) is 11.6 Å². The number of rotatable bonds is 1. The SMILES string of the molecule is N#Cc1cccc2cccc(CCl)c12. The smallest absolute Gasteiger partial charge is 0.0998 e.